The van der Waals surface area contributed by atoms with Gasteiger partial charge in [-0.15, -0.1) is 0 Å². The van der Waals surface area contributed by atoms with E-state index in [-0.39, 0.29) is 5.82 Å². The number of pyridine rings is 2. The first kappa shape index (κ1) is 9.73. The maximum atomic E-state index is 13.4. The van der Waals surface area contributed by atoms with Crippen LogP contribution in [-0.4, -0.2) is 9.97 Å². The van der Waals surface area contributed by atoms with Gasteiger partial charge in [0.2, 0.25) is 0 Å². The summed E-state index contributed by atoms with van der Waals surface area (Å²) in [4.78, 5) is 7.70. The molecular formula is C11H10FN3. The molecule has 15 heavy (non-hydrogen) atoms. The predicted molar refractivity (Wildman–Crippen MR) is 55.3 cm³/mol. The zero-order valence-corrected chi connectivity index (χ0v) is 8.02. The Morgan fingerprint density at radius 3 is 2.80 bits per heavy atom. The van der Waals surface area contributed by atoms with Crippen LogP contribution in [0.5, 0.6) is 0 Å². The molecule has 2 aromatic heterocycles. The molecular weight excluding hydrogens is 193 g/mol. The second-order valence-electron chi connectivity index (χ2n) is 3.14. The fraction of sp³-hybridized carbons (Fsp3) is 0.0909. The number of nitrogens with zero attached hydrogens (tertiary/aromatic N) is 2. The van der Waals surface area contributed by atoms with E-state index in [0.29, 0.717) is 12.1 Å². The maximum absolute atomic E-state index is 13.4. The Bertz CT molecular complexity index is 471. The van der Waals surface area contributed by atoms with E-state index in [4.69, 9.17) is 5.73 Å². The van der Waals surface area contributed by atoms with Gasteiger partial charge >= 0.3 is 0 Å². The van der Waals surface area contributed by atoms with Gasteiger partial charge in [-0.05, 0) is 17.7 Å². The minimum absolute atomic E-state index is 0.353. The van der Waals surface area contributed by atoms with Crippen LogP contribution in [0.4, 0.5) is 4.39 Å². The summed E-state index contributed by atoms with van der Waals surface area (Å²) in [6.07, 6.45) is 6.01. The van der Waals surface area contributed by atoms with Gasteiger partial charge in [0.05, 0.1) is 6.20 Å². The number of hydrogen-bond acceptors (Lipinski definition) is 3. The van der Waals surface area contributed by atoms with E-state index in [9.17, 15) is 4.39 Å². The lowest BCUT2D eigenvalue weighted by molar-refractivity contribution is 0.625. The maximum Gasteiger partial charge on any atom is 0.149 e. The molecule has 0 saturated heterocycles. The zero-order valence-electron chi connectivity index (χ0n) is 8.02. The number of hydrogen-bond donors (Lipinski definition) is 1. The van der Waals surface area contributed by atoms with Crippen molar-refractivity contribution in [3.63, 3.8) is 0 Å². The molecule has 0 radical (unpaired) electrons. The van der Waals surface area contributed by atoms with Crippen molar-refractivity contribution < 1.29 is 4.39 Å². The summed E-state index contributed by atoms with van der Waals surface area (Å²) in [5, 5.41) is 0. The summed E-state index contributed by atoms with van der Waals surface area (Å²) in [7, 11) is 0. The molecule has 0 atom stereocenters. The van der Waals surface area contributed by atoms with Gasteiger partial charge < -0.3 is 5.73 Å². The Labute approximate surface area is 86.8 Å². The normalized spacial score (nSPS) is 10.3. The summed E-state index contributed by atoms with van der Waals surface area (Å²) in [6.45, 7) is 0.396. The van der Waals surface area contributed by atoms with Crippen molar-refractivity contribution in [2.75, 3.05) is 0 Å². The third kappa shape index (κ3) is 1.99. The van der Waals surface area contributed by atoms with Gasteiger partial charge in [0.25, 0.3) is 0 Å². The van der Waals surface area contributed by atoms with Crippen LogP contribution < -0.4 is 5.73 Å². The molecule has 76 valence electrons. The van der Waals surface area contributed by atoms with Gasteiger partial charge in [-0.3, -0.25) is 9.97 Å². The van der Waals surface area contributed by atoms with E-state index in [1.807, 2.05) is 6.07 Å². The molecule has 0 amide bonds. The highest BCUT2D eigenvalue weighted by atomic mass is 19.1. The molecule has 0 aromatic carbocycles. The largest absolute Gasteiger partial charge is 0.326 e. The van der Waals surface area contributed by atoms with Crippen molar-refractivity contribution in [1.29, 1.82) is 0 Å². The van der Waals surface area contributed by atoms with Crippen molar-refractivity contribution >= 4 is 0 Å². The van der Waals surface area contributed by atoms with Gasteiger partial charge in [-0.25, -0.2) is 4.39 Å². The average molecular weight is 203 g/mol. The molecule has 0 fully saturated rings. The lowest BCUT2D eigenvalue weighted by Crippen LogP contribution is -1.97. The Kier molecular flexibility index (Phi) is 2.69. The first-order valence-electron chi connectivity index (χ1n) is 4.55. The van der Waals surface area contributed by atoms with Gasteiger partial charge in [-0.1, -0.05) is 0 Å². The van der Waals surface area contributed by atoms with Crippen LogP contribution in [0.2, 0.25) is 0 Å². The smallest absolute Gasteiger partial charge is 0.149 e. The van der Waals surface area contributed by atoms with Crippen molar-refractivity contribution in [3.05, 3.63) is 48.3 Å². The van der Waals surface area contributed by atoms with E-state index in [2.05, 4.69) is 9.97 Å². The van der Waals surface area contributed by atoms with Crippen LogP contribution in [0.25, 0.3) is 11.1 Å². The molecule has 2 heterocycles. The highest BCUT2D eigenvalue weighted by Gasteiger charge is 2.04. The lowest BCUT2D eigenvalue weighted by Gasteiger charge is -2.03. The van der Waals surface area contributed by atoms with Crippen molar-refractivity contribution in [1.82, 2.24) is 9.97 Å². The Hall–Kier alpha value is -1.81. The lowest BCUT2D eigenvalue weighted by atomic mass is 10.1. The van der Waals surface area contributed by atoms with Gasteiger partial charge in [-0.2, -0.15) is 0 Å². The first-order chi connectivity index (χ1) is 7.31. The molecule has 0 bridgehead atoms. The highest BCUT2D eigenvalue weighted by Crippen LogP contribution is 2.21. The highest BCUT2D eigenvalue weighted by molar-refractivity contribution is 5.63. The molecule has 2 rings (SSSR count). The van der Waals surface area contributed by atoms with Crippen LogP contribution in [0.1, 0.15) is 5.56 Å². The third-order valence-electron chi connectivity index (χ3n) is 2.11. The van der Waals surface area contributed by atoms with E-state index in [1.165, 1.54) is 6.20 Å². The summed E-state index contributed by atoms with van der Waals surface area (Å²) in [5.41, 5.74) is 7.58. The van der Waals surface area contributed by atoms with Crippen molar-refractivity contribution in [2.24, 2.45) is 5.73 Å². The minimum Gasteiger partial charge on any atom is -0.326 e. The van der Waals surface area contributed by atoms with E-state index < -0.39 is 0 Å². The standard InChI is InChI=1S/C11H10FN3/c12-11-7-14-2-1-10(11)9-3-8(4-13)5-15-6-9/h1-3,5-7H,4,13H2. The van der Waals surface area contributed by atoms with Crippen LogP contribution in [-0.2, 0) is 6.54 Å². The second-order valence-corrected chi connectivity index (χ2v) is 3.14. The number of nitrogens with two attached hydrogens (primary N) is 1. The molecule has 3 nitrogen and oxygen atoms in total. The fourth-order valence-corrected chi connectivity index (χ4v) is 1.36. The van der Waals surface area contributed by atoms with Crippen molar-refractivity contribution in [3.8, 4) is 11.1 Å². The van der Waals surface area contributed by atoms with Crippen molar-refractivity contribution in [2.45, 2.75) is 6.54 Å². The summed E-state index contributed by atoms with van der Waals surface area (Å²) in [6, 6.07) is 3.44. The van der Waals surface area contributed by atoms with Crippen LogP contribution in [0.15, 0.2) is 36.9 Å². The third-order valence-corrected chi connectivity index (χ3v) is 2.11. The molecule has 0 saturated carbocycles. The molecule has 2 N–H and O–H groups in total. The Morgan fingerprint density at radius 1 is 1.20 bits per heavy atom. The first-order valence-corrected chi connectivity index (χ1v) is 4.55. The minimum atomic E-state index is -0.353. The van der Waals surface area contributed by atoms with Gasteiger partial charge in [0, 0.05) is 36.3 Å². The SMILES string of the molecule is NCc1cncc(-c2ccncc2F)c1. The van der Waals surface area contributed by atoms with E-state index >= 15 is 0 Å². The molecule has 0 unspecified atom stereocenters. The molecule has 0 aliphatic heterocycles. The number of rotatable bonds is 2. The summed E-state index contributed by atoms with van der Waals surface area (Å²) >= 11 is 0. The predicted octanol–water partition coefficient (Wildman–Crippen LogP) is 1.74. The van der Waals surface area contributed by atoms with Gasteiger partial charge in [0.15, 0.2) is 0 Å². The van der Waals surface area contributed by atoms with E-state index in [0.717, 1.165) is 11.1 Å². The van der Waals surface area contributed by atoms with E-state index in [1.54, 1.807) is 24.7 Å². The van der Waals surface area contributed by atoms with Gasteiger partial charge in [0.1, 0.15) is 5.82 Å². The molecule has 0 spiro atoms. The topological polar surface area (TPSA) is 51.8 Å². The van der Waals surface area contributed by atoms with Crippen LogP contribution in [0.3, 0.4) is 0 Å². The summed E-state index contributed by atoms with van der Waals surface area (Å²) in [5.74, 6) is -0.353. The monoisotopic (exact) mass is 203 g/mol. The fourth-order valence-electron chi connectivity index (χ4n) is 1.36. The molecule has 0 aliphatic carbocycles. The quantitative estimate of drug-likeness (QED) is 0.808. The molecule has 4 heteroatoms. The Balaban J connectivity index is 2.49. The molecule has 0 aliphatic rings. The van der Waals surface area contributed by atoms with Crippen LogP contribution in [0, 0.1) is 5.82 Å². The zero-order chi connectivity index (χ0) is 10.7. The number of aromatic nitrogens is 2. The van der Waals surface area contributed by atoms with Crippen LogP contribution >= 0.6 is 0 Å². The Morgan fingerprint density at radius 2 is 2.07 bits per heavy atom. The summed E-state index contributed by atoms with van der Waals surface area (Å²) < 4.78 is 13.4. The molecule has 2 aromatic rings. The average Bonchev–Trinajstić information content (AvgIpc) is 2.30. The second kappa shape index (κ2) is 4.14. The number of halogens is 1.